The average Bonchev–Trinajstić information content (AvgIpc) is 2.88. The molecule has 1 aliphatic heterocycles. The lowest BCUT2D eigenvalue weighted by Crippen LogP contribution is -2.11. The summed E-state index contributed by atoms with van der Waals surface area (Å²) in [6, 6.07) is 3.39. The number of fused-ring (bicyclic) bond motifs is 1. The van der Waals surface area contributed by atoms with Crippen molar-refractivity contribution in [3.63, 3.8) is 0 Å². The minimum Gasteiger partial charge on any atom is -0.504 e. The Morgan fingerprint density at radius 2 is 2.50 bits per heavy atom. The van der Waals surface area contributed by atoms with Crippen LogP contribution in [0.25, 0.3) is 5.65 Å². The van der Waals surface area contributed by atoms with Gasteiger partial charge in [-0.25, -0.2) is 9.50 Å². The normalized spacial score (nSPS) is 20.6. The first-order chi connectivity index (χ1) is 7.83. The molecule has 16 heavy (non-hydrogen) atoms. The third-order valence-corrected chi connectivity index (χ3v) is 3.02. The highest BCUT2D eigenvalue weighted by Gasteiger charge is 2.17. The zero-order valence-corrected chi connectivity index (χ0v) is 8.93. The molecule has 1 unspecified atom stereocenters. The predicted octanol–water partition coefficient (Wildman–Crippen LogP) is 0.587. The number of hydrogen-bond donors (Lipinski definition) is 2. The quantitative estimate of drug-likeness (QED) is 0.774. The Bertz CT molecular complexity index is 502. The van der Waals surface area contributed by atoms with E-state index in [4.69, 9.17) is 0 Å². The summed E-state index contributed by atoms with van der Waals surface area (Å²) in [6.45, 7) is 2.13. The molecule has 0 aliphatic carbocycles. The summed E-state index contributed by atoms with van der Waals surface area (Å²) in [5, 5.41) is 17.3. The molecular weight excluding hydrogens is 204 g/mol. The number of nitrogens with zero attached hydrogens (tertiary/aromatic N) is 3. The molecule has 0 saturated carbocycles. The van der Waals surface area contributed by atoms with Gasteiger partial charge in [0.1, 0.15) is 0 Å². The van der Waals surface area contributed by atoms with Gasteiger partial charge in [0.15, 0.2) is 17.2 Å². The van der Waals surface area contributed by atoms with Gasteiger partial charge in [-0.1, -0.05) is 0 Å². The van der Waals surface area contributed by atoms with Crippen LogP contribution in [0.2, 0.25) is 0 Å². The van der Waals surface area contributed by atoms with Crippen molar-refractivity contribution >= 4 is 5.65 Å². The predicted molar refractivity (Wildman–Crippen MR) is 59.3 cm³/mol. The molecule has 0 bridgehead atoms. The highest BCUT2D eigenvalue weighted by atomic mass is 16.3. The van der Waals surface area contributed by atoms with Crippen LogP contribution in [0.15, 0.2) is 18.3 Å². The van der Waals surface area contributed by atoms with E-state index in [-0.39, 0.29) is 5.75 Å². The topological polar surface area (TPSA) is 62.5 Å². The van der Waals surface area contributed by atoms with Crippen molar-refractivity contribution in [2.75, 3.05) is 13.1 Å². The number of aromatic nitrogens is 3. The van der Waals surface area contributed by atoms with Crippen molar-refractivity contribution in [3.05, 3.63) is 24.2 Å². The summed E-state index contributed by atoms with van der Waals surface area (Å²) in [6.07, 6.45) is 3.87. The maximum absolute atomic E-state index is 9.61. The Kier molecular flexibility index (Phi) is 2.25. The standard InChI is InChI=1S/C11H14N4O/c16-9-2-1-5-15-11(9)13-10(14-15)6-8-3-4-12-7-8/h1-2,5,8,12,16H,3-4,6-7H2. The van der Waals surface area contributed by atoms with Crippen LogP contribution in [0.4, 0.5) is 0 Å². The molecule has 1 fully saturated rings. The minimum absolute atomic E-state index is 0.186. The molecular formula is C11H14N4O. The highest BCUT2D eigenvalue weighted by molar-refractivity contribution is 5.51. The summed E-state index contributed by atoms with van der Waals surface area (Å²) in [5.41, 5.74) is 0.545. The van der Waals surface area contributed by atoms with Gasteiger partial charge in [-0.15, -0.1) is 0 Å². The summed E-state index contributed by atoms with van der Waals surface area (Å²) in [5.74, 6) is 1.63. The SMILES string of the molecule is Oc1cccn2nc(CC3CCNC3)nc12. The Morgan fingerprint density at radius 3 is 3.25 bits per heavy atom. The van der Waals surface area contributed by atoms with Crippen LogP contribution in [0, 0.1) is 5.92 Å². The first-order valence-electron chi connectivity index (χ1n) is 5.57. The minimum atomic E-state index is 0.186. The van der Waals surface area contributed by atoms with E-state index in [0.717, 1.165) is 25.3 Å². The highest BCUT2D eigenvalue weighted by Crippen LogP contribution is 2.18. The van der Waals surface area contributed by atoms with Gasteiger partial charge in [0, 0.05) is 12.6 Å². The third-order valence-electron chi connectivity index (χ3n) is 3.02. The molecule has 2 N–H and O–H groups in total. The van der Waals surface area contributed by atoms with E-state index < -0.39 is 0 Å². The molecule has 0 aromatic carbocycles. The Morgan fingerprint density at radius 1 is 1.56 bits per heavy atom. The van der Waals surface area contributed by atoms with Crippen molar-refractivity contribution in [2.24, 2.45) is 5.92 Å². The fourth-order valence-electron chi connectivity index (χ4n) is 2.17. The Balaban J connectivity index is 1.90. The Hall–Kier alpha value is -1.62. The third kappa shape index (κ3) is 1.63. The second kappa shape index (κ2) is 3.75. The van der Waals surface area contributed by atoms with E-state index in [1.165, 1.54) is 6.42 Å². The maximum Gasteiger partial charge on any atom is 0.197 e. The molecule has 3 rings (SSSR count). The molecule has 0 radical (unpaired) electrons. The van der Waals surface area contributed by atoms with Crippen LogP contribution in [0.1, 0.15) is 12.2 Å². The molecule has 0 amide bonds. The molecule has 1 atom stereocenters. The van der Waals surface area contributed by atoms with Gasteiger partial charge >= 0.3 is 0 Å². The molecule has 5 nitrogen and oxygen atoms in total. The van der Waals surface area contributed by atoms with Gasteiger partial charge < -0.3 is 10.4 Å². The first-order valence-corrected chi connectivity index (χ1v) is 5.57. The average molecular weight is 218 g/mol. The molecule has 1 aliphatic rings. The molecule has 5 heteroatoms. The maximum atomic E-state index is 9.61. The fourth-order valence-corrected chi connectivity index (χ4v) is 2.17. The van der Waals surface area contributed by atoms with Crippen LogP contribution >= 0.6 is 0 Å². The monoisotopic (exact) mass is 218 g/mol. The van der Waals surface area contributed by atoms with Crippen LogP contribution < -0.4 is 5.32 Å². The van der Waals surface area contributed by atoms with Gasteiger partial charge in [0.05, 0.1) is 0 Å². The lowest BCUT2D eigenvalue weighted by atomic mass is 10.1. The first kappa shape index (κ1) is 9.59. The van der Waals surface area contributed by atoms with Crippen LogP contribution in [0.5, 0.6) is 5.75 Å². The molecule has 0 spiro atoms. The molecule has 84 valence electrons. The summed E-state index contributed by atoms with van der Waals surface area (Å²) < 4.78 is 1.63. The number of aromatic hydroxyl groups is 1. The van der Waals surface area contributed by atoms with Gasteiger partial charge in [-0.2, -0.15) is 5.10 Å². The van der Waals surface area contributed by atoms with Gasteiger partial charge in [-0.05, 0) is 37.6 Å². The molecule has 2 aromatic heterocycles. The van der Waals surface area contributed by atoms with Gasteiger partial charge in [0.2, 0.25) is 0 Å². The molecule has 1 saturated heterocycles. The molecule has 2 aromatic rings. The number of nitrogens with one attached hydrogen (secondary N) is 1. The van der Waals surface area contributed by atoms with E-state index >= 15 is 0 Å². The van der Waals surface area contributed by atoms with Crippen molar-refractivity contribution in [2.45, 2.75) is 12.8 Å². The van der Waals surface area contributed by atoms with Crippen molar-refractivity contribution < 1.29 is 5.11 Å². The largest absolute Gasteiger partial charge is 0.504 e. The van der Waals surface area contributed by atoms with Crippen LogP contribution in [0.3, 0.4) is 0 Å². The van der Waals surface area contributed by atoms with Crippen molar-refractivity contribution in [3.8, 4) is 5.75 Å². The van der Waals surface area contributed by atoms with Gasteiger partial charge in [0.25, 0.3) is 0 Å². The summed E-state index contributed by atoms with van der Waals surface area (Å²) in [7, 11) is 0. The van der Waals surface area contributed by atoms with Gasteiger partial charge in [-0.3, -0.25) is 0 Å². The summed E-state index contributed by atoms with van der Waals surface area (Å²) >= 11 is 0. The second-order valence-corrected chi connectivity index (χ2v) is 4.25. The number of rotatable bonds is 2. The van der Waals surface area contributed by atoms with E-state index in [9.17, 15) is 5.11 Å². The van der Waals surface area contributed by atoms with E-state index in [0.29, 0.717) is 11.6 Å². The van der Waals surface area contributed by atoms with Crippen LogP contribution in [-0.4, -0.2) is 32.8 Å². The van der Waals surface area contributed by atoms with Crippen molar-refractivity contribution in [1.82, 2.24) is 19.9 Å². The van der Waals surface area contributed by atoms with Crippen LogP contribution in [-0.2, 0) is 6.42 Å². The van der Waals surface area contributed by atoms with E-state index in [2.05, 4.69) is 15.4 Å². The molecule has 3 heterocycles. The lowest BCUT2D eigenvalue weighted by molar-refractivity contribution is 0.477. The lowest BCUT2D eigenvalue weighted by Gasteiger charge is -2.02. The summed E-state index contributed by atoms with van der Waals surface area (Å²) in [4.78, 5) is 4.35. The number of pyridine rings is 1. The Labute approximate surface area is 93.1 Å². The van der Waals surface area contributed by atoms with E-state index in [1.807, 2.05) is 0 Å². The zero-order valence-electron chi connectivity index (χ0n) is 8.93. The van der Waals surface area contributed by atoms with E-state index in [1.54, 1.807) is 22.8 Å². The smallest absolute Gasteiger partial charge is 0.197 e. The fraction of sp³-hybridized carbons (Fsp3) is 0.455. The number of hydrogen-bond acceptors (Lipinski definition) is 4. The van der Waals surface area contributed by atoms with Crippen molar-refractivity contribution in [1.29, 1.82) is 0 Å². The second-order valence-electron chi connectivity index (χ2n) is 4.25. The zero-order chi connectivity index (χ0) is 11.0.